The third-order valence-corrected chi connectivity index (χ3v) is 4.03. The maximum atomic E-state index is 11.4. The van der Waals surface area contributed by atoms with Crippen molar-refractivity contribution < 1.29 is 8.42 Å². The Labute approximate surface area is 97.6 Å². The Morgan fingerprint density at radius 1 is 1.20 bits per heavy atom. The quantitative estimate of drug-likeness (QED) is 0.562. The largest absolute Gasteiger partial charge is 0.317 e. The Balaban J connectivity index is 3.50. The van der Waals surface area contributed by atoms with E-state index in [0.717, 1.165) is 25.3 Å². The van der Waals surface area contributed by atoms with Gasteiger partial charge in [-0.2, -0.15) is 11.8 Å². The highest BCUT2D eigenvalue weighted by molar-refractivity contribution is 7.98. The van der Waals surface area contributed by atoms with Crippen molar-refractivity contribution in [3.05, 3.63) is 0 Å². The van der Waals surface area contributed by atoms with Gasteiger partial charge >= 0.3 is 0 Å². The molecule has 0 aliphatic heterocycles. The van der Waals surface area contributed by atoms with Gasteiger partial charge in [0.25, 0.3) is 0 Å². The SMILES string of the molecule is CCNCCCS(=O)(=O)NCCCSC. The molecule has 0 heterocycles. The smallest absolute Gasteiger partial charge is 0.211 e. The van der Waals surface area contributed by atoms with E-state index in [1.54, 1.807) is 11.8 Å². The van der Waals surface area contributed by atoms with Gasteiger partial charge in [-0.3, -0.25) is 0 Å². The summed E-state index contributed by atoms with van der Waals surface area (Å²) in [5.41, 5.74) is 0. The Kier molecular flexibility index (Phi) is 9.58. The molecule has 0 aromatic carbocycles. The number of sulfonamides is 1. The molecule has 0 unspecified atom stereocenters. The van der Waals surface area contributed by atoms with Gasteiger partial charge in [0.1, 0.15) is 0 Å². The Morgan fingerprint density at radius 3 is 2.53 bits per heavy atom. The first-order valence-electron chi connectivity index (χ1n) is 5.29. The zero-order valence-electron chi connectivity index (χ0n) is 9.58. The summed E-state index contributed by atoms with van der Waals surface area (Å²) < 4.78 is 25.4. The lowest BCUT2D eigenvalue weighted by Gasteiger charge is -2.06. The van der Waals surface area contributed by atoms with E-state index in [4.69, 9.17) is 0 Å². The van der Waals surface area contributed by atoms with E-state index in [0.29, 0.717) is 13.0 Å². The molecule has 0 saturated heterocycles. The summed E-state index contributed by atoms with van der Waals surface area (Å²) in [7, 11) is -3.04. The molecular formula is C9H22N2O2S2. The maximum absolute atomic E-state index is 11.4. The van der Waals surface area contributed by atoms with E-state index in [1.165, 1.54) is 0 Å². The van der Waals surface area contributed by atoms with Crippen molar-refractivity contribution in [1.82, 2.24) is 10.0 Å². The van der Waals surface area contributed by atoms with Crippen LogP contribution in [0.25, 0.3) is 0 Å². The topological polar surface area (TPSA) is 58.2 Å². The molecule has 0 atom stereocenters. The summed E-state index contributed by atoms with van der Waals surface area (Å²) in [6, 6.07) is 0. The Hall–Kier alpha value is 0.220. The van der Waals surface area contributed by atoms with Crippen molar-refractivity contribution in [1.29, 1.82) is 0 Å². The zero-order valence-corrected chi connectivity index (χ0v) is 11.2. The average molecular weight is 254 g/mol. The van der Waals surface area contributed by atoms with Crippen molar-refractivity contribution in [3.8, 4) is 0 Å². The summed E-state index contributed by atoms with van der Waals surface area (Å²) >= 11 is 1.73. The van der Waals surface area contributed by atoms with Crippen LogP contribution in [0.1, 0.15) is 19.8 Å². The minimum Gasteiger partial charge on any atom is -0.317 e. The molecule has 92 valence electrons. The van der Waals surface area contributed by atoms with Crippen LogP contribution >= 0.6 is 11.8 Å². The first-order valence-corrected chi connectivity index (χ1v) is 8.34. The highest BCUT2D eigenvalue weighted by Crippen LogP contribution is 1.95. The molecule has 0 aromatic rings. The van der Waals surface area contributed by atoms with Crippen LogP contribution in [0.5, 0.6) is 0 Å². The fourth-order valence-corrected chi connectivity index (χ4v) is 2.64. The molecule has 0 amide bonds. The number of hydrogen-bond acceptors (Lipinski definition) is 4. The van der Waals surface area contributed by atoms with Gasteiger partial charge in [0.05, 0.1) is 5.75 Å². The van der Waals surface area contributed by atoms with Crippen LogP contribution in [0.3, 0.4) is 0 Å². The van der Waals surface area contributed by atoms with Crippen LogP contribution in [0, 0.1) is 0 Å². The van der Waals surface area contributed by atoms with Crippen molar-refractivity contribution >= 4 is 21.8 Å². The Bertz CT molecular complexity index is 212. The van der Waals surface area contributed by atoms with Gasteiger partial charge in [0.15, 0.2) is 0 Å². The van der Waals surface area contributed by atoms with Crippen LogP contribution in [-0.2, 0) is 10.0 Å². The van der Waals surface area contributed by atoms with Gasteiger partial charge in [0.2, 0.25) is 10.0 Å². The van der Waals surface area contributed by atoms with Gasteiger partial charge in [0, 0.05) is 6.54 Å². The molecule has 0 radical (unpaired) electrons. The molecule has 0 bridgehead atoms. The molecule has 0 rings (SSSR count). The van der Waals surface area contributed by atoms with Crippen LogP contribution in [0.2, 0.25) is 0 Å². The third kappa shape index (κ3) is 10.5. The second kappa shape index (κ2) is 9.45. The van der Waals surface area contributed by atoms with Crippen molar-refractivity contribution in [3.63, 3.8) is 0 Å². The fourth-order valence-electron chi connectivity index (χ4n) is 1.08. The first kappa shape index (κ1) is 15.2. The molecule has 0 spiro atoms. The molecule has 0 aromatic heterocycles. The van der Waals surface area contributed by atoms with Crippen LogP contribution < -0.4 is 10.0 Å². The summed E-state index contributed by atoms with van der Waals surface area (Å²) in [5, 5.41) is 3.10. The van der Waals surface area contributed by atoms with Crippen LogP contribution in [-0.4, -0.2) is 45.8 Å². The number of rotatable bonds is 10. The van der Waals surface area contributed by atoms with E-state index in [2.05, 4.69) is 10.0 Å². The van der Waals surface area contributed by atoms with E-state index < -0.39 is 10.0 Å². The van der Waals surface area contributed by atoms with Crippen molar-refractivity contribution in [2.75, 3.05) is 37.4 Å². The summed E-state index contributed by atoms with van der Waals surface area (Å²) in [6.07, 6.45) is 3.59. The highest BCUT2D eigenvalue weighted by atomic mass is 32.2. The number of thioether (sulfide) groups is 1. The molecule has 6 heteroatoms. The van der Waals surface area contributed by atoms with Crippen LogP contribution in [0.15, 0.2) is 0 Å². The monoisotopic (exact) mass is 254 g/mol. The fraction of sp³-hybridized carbons (Fsp3) is 1.00. The number of hydrogen-bond donors (Lipinski definition) is 2. The molecular weight excluding hydrogens is 232 g/mol. The lowest BCUT2D eigenvalue weighted by molar-refractivity contribution is 0.575. The molecule has 4 nitrogen and oxygen atoms in total. The molecule has 2 N–H and O–H groups in total. The van der Waals surface area contributed by atoms with E-state index >= 15 is 0 Å². The summed E-state index contributed by atoms with van der Waals surface area (Å²) in [5.74, 6) is 1.22. The van der Waals surface area contributed by atoms with Gasteiger partial charge in [-0.25, -0.2) is 13.1 Å². The molecule has 0 aliphatic rings. The van der Waals surface area contributed by atoms with Gasteiger partial charge in [-0.15, -0.1) is 0 Å². The molecule has 15 heavy (non-hydrogen) atoms. The summed E-state index contributed by atoms with van der Waals surface area (Å²) in [4.78, 5) is 0. The molecule has 0 aliphatic carbocycles. The van der Waals surface area contributed by atoms with Gasteiger partial charge < -0.3 is 5.32 Å². The lowest BCUT2D eigenvalue weighted by Crippen LogP contribution is -2.29. The third-order valence-electron chi connectivity index (χ3n) is 1.86. The van der Waals surface area contributed by atoms with E-state index in [1.807, 2.05) is 13.2 Å². The predicted octanol–water partition coefficient (Wildman–Crippen LogP) is 0.659. The second-order valence-corrected chi connectivity index (χ2v) is 6.18. The molecule has 0 fully saturated rings. The predicted molar refractivity (Wildman–Crippen MR) is 67.9 cm³/mol. The minimum absolute atomic E-state index is 0.221. The normalized spacial score (nSPS) is 11.9. The first-order chi connectivity index (χ1) is 7.12. The Morgan fingerprint density at radius 2 is 1.93 bits per heavy atom. The van der Waals surface area contributed by atoms with E-state index in [9.17, 15) is 8.42 Å². The summed E-state index contributed by atoms with van der Waals surface area (Å²) in [6.45, 7) is 4.23. The van der Waals surface area contributed by atoms with Crippen molar-refractivity contribution in [2.45, 2.75) is 19.8 Å². The van der Waals surface area contributed by atoms with Gasteiger partial charge in [-0.05, 0) is 37.9 Å². The second-order valence-electron chi connectivity index (χ2n) is 3.27. The minimum atomic E-state index is -3.04. The number of nitrogens with one attached hydrogen (secondary N) is 2. The molecule has 0 saturated carbocycles. The van der Waals surface area contributed by atoms with Crippen molar-refractivity contribution in [2.24, 2.45) is 0 Å². The average Bonchev–Trinajstić information content (AvgIpc) is 2.20. The van der Waals surface area contributed by atoms with Gasteiger partial charge in [-0.1, -0.05) is 6.92 Å². The highest BCUT2D eigenvalue weighted by Gasteiger charge is 2.07. The maximum Gasteiger partial charge on any atom is 0.211 e. The van der Waals surface area contributed by atoms with E-state index in [-0.39, 0.29) is 5.75 Å². The zero-order chi connectivity index (χ0) is 11.6. The standard InChI is InChI=1S/C9H22N2O2S2/c1-3-10-6-5-9-15(12,13)11-7-4-8-14-2/h10-11H,3-9H2,1-2H3. The lowest BCUT2D eigenvalue weighted by atomic mass is 10.5. The van der Waals surface area contributed by atoms with Crippen LogP contribution in [0.4, 0.5) is 0 Å².